The van der Waals surface area contributed by atoms with E-state index in [1.165, 1.54) is 0 Å². The normalized spacial score (nSPS) is 15.9. The van der Waals surface area contributed by atoms with Crippen molar-refractivity contribution >= 4 is 5.97 Å². The zero-order chi connectivity index (χ0) is 8.85. The van der Waals surface area contributed by atoms with Crippen molar-refractivity contribution in [3.05, 3.63) is 0 Å². The lowest BCUT2D eigenvalue weighted by Crippen LogP contribution is -2.30. The summed E-state index contributed by atoms with van der Waals surface area (Å²) in [4.78, 5) is 10.2. The summed E-state index contributed by atoms with van der Waals surface area (Å²) in [6.07, 6.45) is -1.32. The van der Waals surface area contributed by atoms with Crippen LogP contribution in [0.5, 0.6) is 0 Å². The number of carboxylic acid groups (broad SMARTS) is 1. The van der Waals surface area contributed by atoms with Crippen molar-refractivity contribution in [3.63, 3.8) is 0 Å². The fourth-order valence-corrected chi connectivity index (χ4v) is 0.638. The Bertz CT molecular complexity index is 124. The average Bonchev–Trinajstić information content (AvgIpc) is 1.98. The number of aliphatic carboxylic acids is 1. The van der Waals surface area contributed by atoms with Gasteiger partial charge in [0.2, 0.25) is 0 Å². The van der Waals surface area contributed by atoms with Crippen LogP contribution in [0.4, 0.5) is 0 Å². The fourth-order valence-electron chi connectivity index (χ4n) is 0.638. The summed E-state index contributed by atoms with van der Waals surface area (Å²) < 4.78 is 4.94. The molecule has 11 heavy (non-hydrogen) atoms. The van der Waals surface area contributed by atoms with Crippen molar-refractivity contribution in [2.45, 2.75) is 20.0 Å². The summed E-state index contributed by atoms with van der Waals surface area (Å²) in [6, 6.07) is 0. The predicted molar refractivity (Wildman–Crippen MR) is 39.3 cm³/mol. The van der Waals surface area contributed by atoms with Gasteiger partial charge < -0.3 is 14.9 Å². The maximum absolute atomic E-state index is 10.2. The largest absolute Gasteiger partial charge is 0.479 e. The van der Waals surface area contributed by atoms with Gasteiger partial charge in [0.05, 0.1) is 6.61 Å². The van der Waals surface area contributed by atoms with Crippen LogP contribution in [0.25, 0.3) is 0 Å². The molecular weight excluding hydrogens is 148 g/mol. The first-order chi connectivity index (χ1) is 5.09. The molecule has 2 atom stereocenters. The number of hydrogen-bond acceptors (Lipinski definition) is 3. The molecule has 0 amide bonds. The van der Waals surface area contributed by atoms with Crippen LogP contribution in [0, 0.1) is 5.92 Å². The third-order valence-electron chi connectivity index (χ3n) is 1.38. The Labute approximate surface area is 65.8 Å². The second kappa shape index (κ2) is 5.09. The standard InChI is InChI=1S/C7H14O4/c1-3-11-4-5(2)6(8)7(9)10/h5-6,8H,3-4H2,1-2H3,(H,9,10). The van der Waals surface area contributed by atoms with Gasteiger partial charge in [-0.1, -0.05) is 6.92 Å². The van der Waals surface area contributed by atoms with Crippen LogP contribution < -0.4 is 0 Å². The zero-order valence-corrected chi connectivity index (χ0v) is 6.78. The maximum atomic E-state index is 10.2. The molecule has 0 aromatic heterocycles. The van der Waals surface area contributed by atoms with Gasteiger partial charge in [-0.25, -0.2) is 4.79 Å². The van der Waals surface area contributed by atoms with E-state index in [1.807, 2.05) is 6.92 Å². The van der Waals surface area contributed by atoms with Crippen LogP contribution >= 0.6 is 0 Å². The lowest BCUT2D eigenvalue weighted by molar-refractivity contribution is -0.150. The average molecular weight is 162 g/mol. The number of carboxylic acids is 1. The van der Waals surface area contributed by atoms with Gasteiger partial charge in [-0.2, -0.15) is 0 Å². The third kappa shape index (κ3) is 3.95. The summed E-state index contributed by atoms with van der Waals surface area (Å²) in [5, 5.41) is 17.3. The number of rotatable bonds is 5. The highest BCUT2D eigenvalue weighted by Crippen LogP contribution is 2.03. The second-order valence-corrected chi connectivity index (χ2v) is 2.42. The van der Waals surface area contributed by atoms with Crippen molar-refractivity contribution in [2.75, 3.05) is 13.2 Å². The summed E-state index contributed by atoms with van der Waals surface area (Å²) in [5.41, 5.74) is 0. The maximum Gasteiger partial charge on any atom is 0.332 e. The molecule has 0 rings (SSSR count). The molecule has 0 aliphatic rings. The topological polar surface area (TPSA) is 66.8 Å². The monoisotopic (exact) mass is 162 g/mol. The number of carbonyl (C=O) groups is 1. The zero-order valence-electron chi connectivity index (χ0n) is 6.78. The number of ether oxygens (including phenoxy) is 1. The van der Waals surface area contributed by atoms with Crippen molar-refractivity contribution in [2.24, 2.45) is 5.92 Å². The van der Waals surface area contributed by atoms with Gasteiger partial charge >= 0.3 is 5.97 Å². The van der Waals surface area contributed by atoms with Crippen molar-refractivity contribution < 1.29 is 19.7 Å². The first-order valence-electron chi connectivity index (χ1n) is 3.58. The molecule has 0 bridgehead atoms. The van der Waals surface area contributed by atoms with Gasteiger partial charge in [0.1, 0.15) is 0 Å². The Kier molecular flexibility index (Phi) is 4.81. The van der Waals surface area contributed by atoms with Crippen molar-refractivity contribution in [3.8, 4) is 0 Å². The van der Waals surface area contributed by atoms with Crippen LogP contribution in [0.15, 0.2) is 0 Å². The Hall–Kier alpha value is -0.610. The number of aliphatic hydroxyl groups is 1. The van der Waals surface area contributed by atoms with E-state index in [0.717, 1.165) is 0 Å². The van der Waals surface area contributed by atoms with E-state index in [9.17, 15) is 4.79 Å². The molecule has 4 nitrogen and oxygen atoms in total. The molecular formula is C7H14O4. The molecule has 0 aliphatic carbocycles. The molecule has 0 radical (unpaired) electrons. The minimum Gasteiger partial charge on any atom is -0.479 e. The minimum atomic E-state index is -1.32. The van der Waals surface area contributed by atoms with Crippen LogP contribution in [0.1, 0.15) is 13.8 Å². The molecule has 0 fully saturated rings. The first kappa shape index (κ1) is 10.4. The molecule has 66 valence electrons. The van der Waals surface area contributed by atoms with E-state index >= 15 is 0 Å². The molecule has 0 heterocycles. The molecule has 0 saturated carbocycles. The van der Waals surface area contributed by atoms with E-state index in [-0.39, 0.29) is 12.5 Å². The summed E-state index contributed by atoms with van der Waals surface area (Å²) in [5.74, 6) is -1.55. The number of hydrogen-bond donors (Lipinski definition) is 2. The van der Waals surface area contributed by atoms with E-state index in [1.54, 1.807) is 6.92 Å². The van der Waals surface area contributed by atoms with Crippen molar-refractivity contribution in [1.82, 2.24) is 0 Å². The van der Waals surface area contributed by atoms with Gasteiger partial charge in [-0.15, -0.1) is 0 Å². The molecule has 0 aromatic carbocycles. The van der Waals surface area contributed by atoms with Crippen LogP contribution in [-0.2, 0) is 9.53 Å². The van der Waals surface area contributed by atoms with Crippen molar-refractivity contribution in [1.29, 1.82) is 0 Å². The summed E-state index contributed by atoms with van der Waals surface area (Å²) >= 11 is 0. The van der Waals surface area contributed by atoms with Gasteiger partial charge in [-0.3, -0.25) is 0 Å². The van der Waals surface area contributed by atoms with Gasteiger partial charge in [0.15, 0.2) is 6.10 Å². The number of aliphatic hydroxyl groups excluding tert-OH is 1. The van der Waals surface area contributed by atoms with E-state index in [2.05, 4.69) is 0 Å². The van der Waals surface area contributed by atoms with Crippen LogP contribution in [0.3, 0.4) is 0 Å². The summed E-state index contributed by atoms with van der Waals surface area (Å²) in [7, 11) is 0. The molecule has 0 aromatic rings. The lowest BCUT2D eigenvalue weighted by atomic mass is 10.1. The third-order valence-corrected chi connectivity index (χ3v) is 1.38. The lowest BCUT2D eigenvalue weighted by Gasteiger charge is -2.13. The van der Waals surface area contributed by atoms with Gasteiger partial charge in [-0.05, 0) is 6.92 Å². The first-order valence-corrected chi connectivity index (χ1v) is 3.58. The van der Waals surface area contributed by atoms with E-state index in [4.69, 9.17) is 14.9 Å². The summed E-state index contributed by atoms with van der Waals surface area (Å²) in [6.45, 7) is 4.27. The molecule has 0 spiro atoms. The van der Waals surface area contributed by atoms with Crippen LogP contribution in [-0.4, -0.2) is 35.5 Å². The Morgan fingerprint density at radius 2 is 2.18 bits per heavy atom. The Balaban J connectivity index is 3.63. The highest BCUT2D eigenvalue weighted by atomic mass is 16.5. The molecule has 0 aliphatic heterocycles. The SMILES string of the molecule is CCOCC(C)C(O)C(=O)O. The fraction of sp³-hybridized carbons (Fsp3) is 0.857. The van der Waals surface area contributed by atoms with E-state index in [0.29, 0.717) is 6.61 Å². The highest BCUT2D eigenvalue weighted by Gasteiger charge is 2.20. The molecule has 0 saturated heterocycles. The molecule has 4 heteroatoms. The molecule has 2 unspecified atom stereocenters. The molecule has 2 N–H and O–H groups in total. The Morgan fingerprint density at radius 3 is 2.55 bits per heavy atom. The van der Waals surface area contributed by atoms with Gasteiger partial charge in [0, 0.05) is 12.5 Å². The second-order valence-electron chi connectivity index (χ2n) is 2.42. The minimum absolute atomic E-state index is 0.282. The highest BCUT2D eigenvalue weighted by molar-refractivity contribution is 5.72. The van der Waals surface area contributed by atoms with Gasteiger partial charge in [0.25, 0.3) is 0 Å². The Morgan fingerprint density at radius 1 is 1.64 bits per heavy atom. The predicted octanol–water partition coefficient (Wildman–Crippen LogP) is 0.104. The van der Waals surface area contributed by atoms with E-state index < -0.39 is 12.1 Å². The quantitative estimate of drug-likeness (QED) is 0.602. The van der Waals surface area contributed by atoms with Crippen LogP contribution in [0.2, 0.25) is 0 Å². The smallest absolute Gasteiger partial charge is 0.332 e.